The van der Waals surface area contributed by atoms with E-state index >= 15 is 0 Å². The van der Waals surface area contributed by atoms with Crippen LogP contribution in [0.4, 0.5) is 10.8 Å². The number of morpholine rings is 1. The van der Waals surface area contributed by atoms with E-state index in [4.69, 9.17) is 26.0 Å². The molecule has 0 N–H and O–H groups in total. The van der Waals surface area contributed by atoms with Crippen LogP contribution in [0.15, 0.2) is 24.3 Å². The van der Waals surface area contributed by atoms with E-state index in [-0.39, 0.29) is 5.97 Å². The van der Waals surface area contributed by atoms with Gasteiger partial charge in [-0.2, -0.15) is 0 Å². The predicted octanol–water partition coefficient (Wildman–Crippen LogP) is 3.84. The molecule has 3 aromatic rings. The fraction of sp³-hybridized carbons (Fsp3) is 0.300. The number of hydrogen-bond acceptors (Lipinski definition) is 7. The van der Waals surface area contributed by atoms with E-state index in [1.807, 2.05) is 19.1 Å². The van der Waals surface area contributed by atoms with Crippen LogP contribution in [-0.4, -0.2) is 49.4 Å². The fourth-order valence-corrected chi connectivity index (χ4v) is 4.18. The number of esters is 1. The molecule has 1 saturated heterocycles. The van der Waals surface area contributed by atoms with E-state index in [0.29, 0.717) is 29.6 Å². The lowest BCUT2D eigenvalue weighted by Crippen LogP contribution is -2.37. The minimum Gasteiger partial charge on any atom is -0.465 e. The molecule has 1 aliphatic heterocycles. The Labute approximate surface area is 166 Å². The Hall–Kier alpha value is -3.02. The highest BCUT2D eigenvalue weighted by atomic mass is 32.1. The van der Waals surface area contributed by atoms with Crippen molar-refractivity contribution in [3.8, 4) is 11.4 Å². The molecular weight excluding hydrogens is 376 g/mol. The van der Waals surface area contributed by atoms with Crippen molar-refractivity contribution >= 4 is 38.3 Å². The van der Waals surface area contributed by atoms with E-state index in [1.165, 1.54) is 18.4 Å². The van der Waals surface area contributed by atoms with Crippen LogP contribution in [0, 0.1) is 13.5 Å². The third-order valence-electron chi connectivity index (χ3n) is 4.72. The number of fused-ring (bicyclic) bond motifs is 1. The number of rotatable bonds is 3. The predicted molar refractivity (Wildman–Crippen MR) is 108 cm³/mol. The largest absolute Gasteiger partial charge is 0.465 e. The zero-order chi connectivity index (χ0) is 19.7. The molecule has 0 amide bonds. The second kappa shape index (κ2) is 7.54. The second-order valence-electron chi connectivity index (χ2n) is 6.36. The first-order valence-electron chi connectivity index (χ1n) is 8.82. The smallest absolute Gasteiger partial charge is 0.337 e. The van der Waals surface area contributed by atoms with Crippen LogP contribution < -0.4 is 4.90 Å². The summed E-state index contributed by atoms with van der Waals surface area (Å²) in [6.45, 7) is 12.2. The zero-order valence-electron chi connectivity index (χ0n) is 15.6. The standard InChI is InChI=1S/C20H18N4O3S/c1-12-15-17(24-8-10-27-11-9-24)22-16(23-19(15)28-18(12)21-2)13-4-6-14(7-5-13)20(25)26-3/h4-7H,8-11H2,1,3H3. The molecule has 0 spiro atoms. The van der Waals surface area contributed by atoms with Crippen LogP contribution in [-0.2, 0) is 9.47 Å². The normalized spacial score (nSPS) is 14.1. The van der Waals surface area contributed by atoms with Crippen LogP contribution in [0.1, 0.15) is 15.9 Å². The third-order valence-corrected chi connectivity index (χ3v) is 5.80. The van der Waals surface area contributed by atoms with Gasteiger partial charge < -0.3 is 14.4 Å². The summed E-state index contributed by atoms with van der Waals surface area (Å²) in [5.74, 6) is 1.03. The van der Waals surface area contributed by atoms with E-state index in [0.717, 1.165) is 40.3 Å². The summed E-state index contributed by atoms with van der Waals surface area (Å²) < 4.78 is 10.2. The van der Waals surface area contributed by atoms with Gasteiger partial charge >= 0.3 is 5.97 Å². The Balaban J connectivity index is 1.85. The molecule has 142 valence electrons. The number of methoxy groups -OCH3 is 1. The maximum Gasteiger partial charge on any atom is 0.337 e. The molecule has 3 heterocycles. The molecule has 8 heteroatoms. The summed E-state index contributed by atoms with van der Waals surface area (Å²) in [6, 6.07) is 7.03. The van der Waals surface area contributed by atoms with Gasteiger partial charge in [-0.3, -0.25) is 0 Å². The Morgan fingerprint density at radius 2 is 1.96 bits per heavy atom. The average Bonchev–Trinajstić information content (AvgIpc) is 3.09. The van der Waals surface area contributed by atoms with E-state index in [1.54, 1.807) is 12.1 Å². The lowest BCUT2D eigenvalue weighted by atomic mass is 10.1. The van der Waals surface area contributed by atoms with Crippen molar-refractivity contribution in [2.45, 2.75) is 6.92 Å². The lowest BCUT2D eigenvalue weighted by Gasteiger charge is -2.28. The minimum absolute atomic E-state index is 0.382. The maximum absolute atomic E-state index is 11.7. The molecule has 7 nitrogen and oxygen atoms in total. The monoisotopic (exact) mass is 394 g/mol. The van der Waals surface area contributed by atoms with Crippen molar-refractivity contribution < 1.29 is 14.3 Å². The number of hydrogen-bond donors (Lipinski definition) is 0. The van der Waals surface area contributed by atoms with Gasteiger partial charge in [-0.15, -0.1) is 11.3 Å². The van der Waals surface area contributed by atoms with Crippen molar-refractivity contribution in [3.63, 3.8) is 0 Å². The van der Waals surface area contributed by atoms with Gasteiger partial charge in [0.15, 0.2) is 5.82 Å². The molecule has 0 radical (unpaired) electrons. The van der Waals surface area contributed by atoms with Gasteiger partial charge in [0.25, 0.3) is 0 Å². The number of thiophene rings is 1. The molecule has 4 rings (SSSR count). The summed E-state index contributed by atoms with van der Waals surface area (Å²) in [5, 5.41) is 1.57. The molecule has 1 aromatic carbocycles. The van der Waals surface area contributed by atoms with Crippen molar-refractivity contribution in [3.05, 3.63) is 46.8 Å². The Morgan fingerprint density at radius 3 is 2.61 bits per heavy atom. The van der Waals surface area contributed by atoms with Crippen LogP contribution in [0.25, 0.3) is 26.4 Å². The first kappa shape index (κ1) is 18.3. The SMILES string of the molecule is [C-]#[N+]c1sc2nc(-c3ccc(C(=O)OC)cc3)nc(N3CCOCC3)c2c1C. The van der Waals surface area contributed by atoms with Gasteiger partial charge in [-0.25, -0.2) is 19.6 Å². The first-order valence-corrected chi connectivity index (χ1v) is 9.64. The van der Waals surface area contributed by atoms with Crippen LogP contribution >= 0.6 is 11.3 Å². The Kier molecular flexibility index (Phi) is 4.94. The number of carbonyl (C=O) groups is 1. The van der Waals surface area contributed by atoms with E-state index < -0.39 is 0 Å². The van der Waals surface area contributed by atoms with Crippen molar-refractivity contribution in [2.24, 2.45) is 0 Å². The Morgan fingerprint density at radius 1 is 1.25 bits per heavy atom. The topological polar surface area (TPSA) is 68.9 Å². The molecule has 1 fully saturated rings. The number of anilines is 1. The van der Waals surface area contributed by atoms with Crippen molar-refractivity contribution in [1.29, 1.82) is 0 Å². The lowest BCUT2D eigenvalue weighted by molar-refractivity contribution is 0.0600. The highest BCUT2D eigenvalue weighted by Gasteiger charge is 2.22. The number of aryl methyl sites for hydroxylation is 1. The maximum atomic E-state index is 11.7. The molecule has 1 aliphatic rings. The van der Waals surface area contributed by atoms with Crippen LogP contribution in [0.5, 0.6) is 0 Å². The van der Waals surface area contributed by atoms with Gasteiger partial charge in [-0.1, -0.05) is 12.1 Å². The average molecular weight is 394 g/mol. The summed E-state index contributed by atoms with van der Waals surface area (Å²) in [4.78, 5) is 27.9. The molecule has 0 unspecified atom stereocenters. The molecule has 0 bridgehead atoms. The molecule has 2 aromatic heterocycles. The molecule has 0 saturated carbocycles. The number of carbonyl (C=O) groups excluding carboxylic acids is 1. The van der Waals surface area contributed by atoms with Gasteiger partial charge in [0.2, 0.25) is 5.00 Å². The summed E-state index contributed by atoms with van der Waals surface area (Å²) in [5.41, 5.74) is 2.20. The summed E-state index contributed by atoms with van der Waals surface area (Å²) >= 11 is 1.39. The number of nitrogens with zero attached hydrogens (tertiary/aromatic N) is 4. The first-order chi connectivity index (χ1) is 13.6. The Bertz CT molecular complexity index is 1080. The molecule has 28 heavy (non-hydrogen) atoms. The van der Waals surface area contributed by atoms with E-state index in [9.17, 15) is 4.79 Å². The third kappa shape index (κ3) is 3.19. The van der Waals surface area contributed by atoms with Gasteiger partial charge in [0, 0.05) is 24.0 Å². The van der Waals surface area contributed by atoms with E-state index in [2.05, 4.69) is 9.74 Å². The van der Waals surface area contributed by atoms with Crippen molar-refractivity contribution in [1.82, 2.24) is 9.97 Å². The fourth-order valence-electron chi connectivity index (χ4n) is 3.22. The highest BCUT2D eigenvalue weighted by Crippen LogP contribution is 2.41. The van der Waals surface area contributed by atoms with Crippen LogP contribution in [0.3, 0.4) is 0 Å². The van der Waals surface area contributed by atoms with Gasteiger partial charge in [0.05, 0.1) is 32.5 Å². The molecule has 0 atom stereocenters. The van der Waals surface area contributed by atoms with Crippen molar-refractivity contribution in [2.75, 3.05) is 38.3 Å². The zero-order valence-corrected chi connectivity index (χ0v) is 16.4. The minimum atomic E-state index is -0.382. The second-order valence-corrected chi connectivity index (χ2v) is 7.34. The molecular formula is C20H18N4O3S. The molecule has 0 aliphatic carbocycles. The number of benzene rings is 1. The quantitative estimate of drug-likeness (QED) is 0.497. The van der Waals surface area contributed by atoms with Gasteiger partial charge in [-0.05, 0) is 24.6 Å². The number of ether oxygens (including phenoxy) is 2. The summed E-state index contributed by atoms with van der Waals surface area (Å²) in [6.07, 6.45) is 0. The summed E-state index contributed by atoms with van der Waals surface area (Å²) in [7, 11) is 1.36. The van der Waals surface area contributed by atoms with Gasteiger partial charge in [0.1, 0.15) is 10.6 Å². The van der Waals surface area contributed by atoms with Crippen LogP contribution in [0.2, 0.25) is 0 Å². The number of aromatic nitrogens is 2. The highest BCUT2D eigenvalue weighted by molar-refractivity contribution is 7.22.